The first-order chi connectivity index (χ1) is 13.7. The fourth-order valence-corrected chi connectivity index (χ4v) is 5.07. The summed E-state index contributed by atoms with van der Waals surface area (Å²) >= 11 is 12.2. The number of nitrogens with zero attached hydrogens (tertiary/aromatic N) is 1. The zero-order chi connectivity index (χ0) is 21.2. The molecule has 0 radical (unpaired) electrons. The predicted molar refractivity (Wildman–Crippen MR) is 106 cm³/mol. The van der Waals surface area contributed by atoms with Crippen molar-refractivity contribution in [2.45, 2.75) is 17.9 Å². The van der Waals surface area contributed by atoms with E-state index in [0.29, 0.717) is 5.56 Å². The van der Waals surface area contributed by atoms with Crippen LogP contribution in [0.3, 0.4) is 0 Å². The Morgan fingerprint density at radius 1 is 1.14 bits per heavy atom. The van der Waals surface area contributed by atoms with E-state index in [4.69, 9.17) is 32.7 Å². The topological polar surface area (TPSA) is 72.9 Å². The highest BCUT2D eigenvalue weighted by molar-refractivity contribution is 7.89. The van der Waals surface area contributed by atoms with Gasteiger partial charge < -0.3 is 9.47 Å². The first-order valence-electron chi connectivity index (χ1n) is 8.73. The number of rotatable bonds is 5. The molecule has 1 saturated heterocycles. The molecule has 1 unspecified atom stereocenters. The number of esters is 1. The third-order valence-corrected chi connectivity index (χ3v) is 7.13. The van der Waals surface area contributed by atoms with E-state index in [2.05, 4.69) is 0 Å². The van der Waals surface area contributed by atoms with Gasteiger partial charge in [-0.1, -0.05) is 35.3 Å². The van der Waals surface area contributed by atoms with Gasteiger partial charge in [0.25, 0.3) is 0 Å². The Kier molecular flexibility index (Phi) is 6.80. The second kappa shape index (κ2) is 8.97. The molecule has 1 atom stereocenters. The lowest BCUT2D eigenvalue weighted by atomic mass is 10.1. The number of sulfonamides is 1. The minimum absolute atomic E-state index is 0.0350. The highest BCUT2D eigenvalue weighted by Gasteiger charge is 2.30. The van der Waals surface area contributed by atoms with Crippen LogP contribution < -0.4 is 0 Å². The van der Waals surface area contributed by atoms with Crippen molar-refractivity contribution in [2.75, 3.05) is 26.3 Å². The van der Waals surface area contributed by atoms with Crippen molar-refractivity contribution >= 4 is 39.2 Å². The van der Waals surface area contributed by atoms with Crippen molar-refractivity contribution < 1.29 is 27.1 Å². The molecule has 6 nitrogen and oxygen atoms in total. The summed E-state index contributed by atoms with van der Waals surface area (Å²) in [7, 11) is -3.94. The zero-order valence-electron chi connectivity index (χ0n) is 15.4. The molecule has 0 aliphatic carbocycles. The van der Waals surface area contributed by atoms with Gasteiger partial charge >= 0.3 is 5.97 Å². The third kappa shape index (κ3) is 4.90. The molecule has 2 aromatic rings. The number of ether oxygens (including phenoxy) is 2. The quantitative estimate of drug-likeness (QED) is 0.627. The van der Waals surface area contributed by atoms with Crippen LogP contribution in [0.4, 0.5) is 4.39 Å². The maximum atomic E-state index is 13.1. The number of hydrogen-bond donors (Lipinski definition) is 0. The highest BCUT2D eigenvalue weighted by atomic mass is 35.5. The van der Waals surface area contributed by atoms with Gasteiger partial charge in [0.15, 0.2) is 0 Å². The fraction of sp³-hybridized carbons (Fsp3) is 0.316. The second-order valence-corrected chi connectivity index (χ2v) is 9.10. The third-order valence-electron chi connectivity index (χ3n) is 4.45. The Hall–Kier alpha value is -1.71. The predicted octanol–water partition coefficient (Wildman–Crippen LogP) is 4.07. The molecule has 0 amide bonds. The molecule has 2 aromatic carbocycles. The van der Waals surface area contributed by atoms with Crippen LogP contribution >= 0.6 is 23.2 Å². The van der Waals surface area contributed by atoms with Crippen molar-refractivity contribution in [3.8, 4) is 0 Å². The van der Waals surface area contributed by atoms with E-state index in [-0.39, 0.29) is 46.8 Å². The maximum absolute atomic E-state index is 13.1. The summed E-state index contributed by atoms with van der Waals surface area (Å²) in [5.41, 5.74) is 0.447. The van der Waals surface area contributed by atoms with Crippen LogP contribution in [-0.4, -0.2) is 45.0 Å². The summed E-state index contributed by atoms with van der Waals surface area (Å²) in [6.45, 7) is 2.52. The zero-order valence-corrected chi connectivity index (χ0v) is 17.7. The number of morpholine rings is 1. The maximum Gasteiger partial charge on any atom is 0.340 e. The Balaban J connectivity index is 1.88. The van der Waals surface area contributed by atoms with Crippen LogP contribution in [0.2, 0.25) is 10.0 Å². The Bertz CT molecular complexity index is 1010. The Labute approximate surface area is 178 Å². The van der Waals surface area contributed by atoms with Crippen molar-refractivity contribution in [3.63, 3.8) is 0 Å². The molecule has 0 saturated carbocycles. The first kappa shape index (κ1) is 22.0. The average Bonchev–Trinajstić information content (AvgIpc) is 2.68. The molecule has 0 bridgehead atoms. The van der Waals surface area contributed by atoms with E-state index >= 15 is 0 Å². The van der Waals surface area contributed by atoms with Crippen LogP contribution in [0.5, 0.6) is 0 Å². The first-order valence-corrected chi connectivity index (χ1v) is 10.9. The molecule has 1 aliphatic heterocycles. The molecule has 0 aromatic heterocycles. The summed E-state index contributed by atoms with van der Waals surface area (Å²) in [5, 5.41) is -0.128. The van der Waals surface area contributed by atoms with E-state index in [1.54, 1.807) is 6.92 Å². The number of carbonyl (C=O) groups is 1. The summed E-state index contributed by atoms with van der Waals surface area (Å²) in [5.74, 6) is -1.23. The molecule has 1 fully saturated rings. The van der Waals surface area contributed by atoms with Crippen molar-refractivity contribution in [3.05, 3.63) is 63.4 Å². The molecule has 1 heterocycles. The van der Waals surface area contributed by atoms with E-state index in [0.717, 1.165) is 6.07 Å². The van der Waals surface area contributed by atoms with Crippen LogP contribution in [0, 0.1) is 5.82 Å². The van der Waals surface area contributed by atoms with Crippen molar-refractivity contribution in [1.29, 1.82) is 0 Å². The standard InChI is InChI=1S/C19H18Cl2FNO5S/c1-12(13-2-4-14(22)5-3-13)28-19(24)15-10-18(17(21)11-16(15)20)29(25,26)23-6-8-27-9-7-23/h2-5,10-12H,6-9H2,1H3. The minimum atomic E-state index is -3.94. The lowest BCUT2D eigenvalue weighted by Gasteiger charge is -2.26. The highest BCUT2D eigenvalue weighted by Crippen LogP contribution is 2.32. The van der Waals surface area contributed by atoms with Gasteiger partial charge in [0.1, 0.15) is 16.8 Å². The van der Waals surface area contributed by atoms with E-state index in [9.17, 15) is 17.6 Å². The van der Waals surface area contributed by atoms with E-state index in [1.807, 2.05) is 0 Å². The van der Waals surface area contributed by atoms with Gasteiger partial charge in [-0.2, -0.15) is 4.31 Å². The number of halogens is 3. The summed E-state index contributed by atoms with van der Waals surface area (Å²) in [6.07, 6.45) is -0.700. The molecule has 3 rings (SSSR count). The van der Waals surface area contributed by atoms with Crippen molar-refractivity contribution in [2.24, 2.45) is 0 Å². The lowest BCUT2D eigenvalue weighted by molar-refractivity contribution is 0.0337. The molecule has 156 valence electrons. The number of benzene rings is 2. The molecule has 29 heavy (non-hydrogen) atoms. The van der Waals surface area contributed by atoms with Gasteiger partial charge in [0.2, 0.25) is 10.0 Å². The summed E-state index contributed by atoms with van der Waals surface area (Å²) in [4.78, 5) is 12.4. The molecule has 10 heteroatoms. The van der Waals surface area contributed by atoms with Crippen LogP contribution in [0.15, 0.2) is 41.3 Å². The lowest BCUT2D eigenvalue weighted by Crippen LogP contribution is -2.40. The average molecular weight is 462 g/mol. The van der Waals surface area contributed by atoms with Gasteiger partial charge in [-0.25, -0.2) is 17.6 Å². The van der Waals surface area contributed by atoms with Crippen molar-refractivity contribution in [1.82, 2.24) is 4.31 Å². The monoisotopic (exact) mass is 461 g/mol. The number of hydrogen-bond acceptors (Lipinski definition) is 5. The summed E-state index contributed by atoms with van der Waals surface area (Å²) < 4.78 is 50.7. The molecular formula is C19H18Cl2FNO5S. The Morgan fingerprint density at radius 2 is 1.76 bits per heavy atom. The SMILES string of the molecule is CC(OC(=O)c1cc(S(=O)(=O)N2CCOCC2)c(Cl)cc1Cl)c1ccc(F)cc1. The molecule has 1 aliphatic rings. The molecule has 0 N–H and O–H groups in total. The smallest absolute Gasteiger partial charge is 0.340 e. The van der Waals surface area contributed by atoms with Crippen LogP contribution in [0.25, 0.3) is 0 Å². The fourth-order valence-electron chi connectivity index (χ4n) is 2.84. The molecule has 0 spiro atoms. The van der Waals surface area contributed by atoms with Gasteiger partial charge in [0, 0.05) is 13.1 Å². The molecular weight excluding hydrogens is 444 g/mol. The Morgan fingerprint density at radius 3 is 2.38 bits per heavy atom. The number of carbonyl (C=O) groups excluding carboxylic acids is 1. The van der Waals surface area contributed by atoms with E-state index in [1.165, 1.54) is 34.6 Å². The van der Waals surface area contributed by atoms with Crippen LogP contribution in [-0.2, 0) is 19.5 Å². The van der Waals surface area contributed by atoms with Gasteiger partial charge in [-0.05, 0) is 36.8 Å². The van der Waals surface area contributed by atoms with Gasteiger partial charge in [-0.15, -0.1) is 0 Å². The minimum Gasteiger partial charge on any atom is -0.454 e. The second-order valence-electron chi connectivity index (χ2n) is 6.38. The largest absolute Gasteiger partial charge is 0.454 e. The van der Waals surface area contributed by atoms with Crippen LogP contribution in [0.1, 0.15) is 28.9 Å². The van der Waals surface area contributed by atoms with Gasteiger partial charge in [0.05, 0.1) is 28.8 Å². The summed E-state index contributed by atoms with van der Waals surface area (Å²) in [6, 6.07) is 7.81. The van der Waals surface area contributed by atoms with E-state index < -0.39 is 27.9 Å². The normalized spacial score (nSPS) is 16.4. The van der Waals surface area contributed by atoms with Gasteiger partial charge in [-0.3, -0.25) is 0 Å².